The van der Waals surface area contributed by atoms with Gasteiger partial charge in [0.15, 0.2) is 5.78 Å². The van der Waals surface area contributed by atoms with Gasteiger partial charge in [0.2, 0.25) is 17.7 Å². The molecule has 10 nitrogen and oxygen atoms in total. The Hall–Kier alpha value is -5.77. The van der Waals surface area contributed by atoms with Gasteiger partial charge in [-0.2, -0.15) is 0 Å². The number of amides is 4. The van der Waals surface area contributed by atoms with Gasteiger partial charge in [-0.05, 0) is 41.5 Å². The van der Waals surface area contributed by atoms with Gasteiger partial charge in [-0.1, -0.05) is 115 Å². The minimum atomic E-state index is -1.29. The third-order valence-electron chi connectivity index (χ3n) is 9.25. The first-order chi connectivity index (χ1) is 24.8. The lowest BCUT2D eigenvalue weighted by molar-refractivity contribution is -0.141. The van der Waals surface area contributed by atoms with Crippen LogP contribution in [0.3, 0.4) is 0 Å². The number of carboxylic acid groups (broad SMARTS) is 1. The molecular formula is C41H44N4O6. The second kappa shape index (κ2) is 18.3. The van der Waals surface area contributed by atoms with Crippen molar-refractivity contribution in [3.05, 3.63) is 143 Å². The van der Waals surface area contributed by atoms with Gasteiger partial charge in [0.05, 0.1) is 0 Å². The van der Waals surface area contributed by atoms with Gasteiger partial charge in [-0.15, -0.1) is 0 Å². The summed E-state index contributed by atoms with van der Waals surface area (Å²) in [5.41, 5.74) is 4.58. The quantitative estimate of drug-likeness (QED) is 0.0908. The highest BCUT2D eigenvalue weighted by molar-refractivity contribution is 5.98. The first-order valence-corrected chi connectivity index (χ1v) is 17.4. The van der Waals surface area contributed by atoms with Crippen molar-refractivity contribution < 1.29 is 29.1 Å². The second-order valence-electron chi connectivity index (χ2n) is 12.7. The van der Waals surface area contributed by atoms with E-state index in [0.717, 1.165) is 22.3 Å². The Balaban J connectivity index is 1.13. The molecule has 1 aliphatic heterocycles. The van der Waals surface area contributed by atoms with Gasteiger partial charge < -0.3 is 26.0 Å². The lowest BCUT2D eigenvalue weighted by Gasteiger charge is -2.36. The van der Waals surface area contributed by atoms with Gasteiger partial charge in [0, 0.05) is 50.4 Å². The van der Waals surface area contributed by atoms with Gasteiger partial charge >= 0.3 is 6.09 Å². The molecule has 4 N–H and O–H groups in total. The predicted octanol–water partition coefficient (Wildman–Crippen LogP) is 5.47. The number of carbonyl (C=O) groups excluding carboxylic acids is 4. The van der Waals surface area contributed by atoms with E-state index < -0.39 is 24.1 Å². The summed E-state index contributed by atoms with van der Waals surface area (Å²) in [6.45, 7) is 0.859. The largest absolute Gasteiger partial charge is 0.465 e. The molecule has 0 bridgehead atoms. The number of Topliss-reactive ketones (excluding diaryl/α,β-unsaturated/α-hetero) is 1. The summed E-state index contributed by atoms with van der Waals surface area (Å²) < 4.78 is 0. The van der Waals surface area contributed by atoms with Crippen LogP contribution in [0.25, 0.3) is 0 Å². The Bertz CT molecular complexity index is 1740. The van der Waals surface area contributed by atoms with Crippen LogP contribution in [0.5, 0.6) is 0 Å². The van der Waals surface area contributed by atoms with Crippen LogP contribution in [0.1, 0.15) is 70.6 Å². The number of rotatable bonds is 16. The maximum absolute atomic E-state index is 13.5. The normalized spacial score (nSPS) is 14.2. The van der Waals surface area contributed by atoms with Crippen LogP contribution in [0.4, 0.5) is 4.79 Å². The molecule has 4 aromatic rings. The Morgan fingerprint density at radius 1 is 0.706 bits per heavy atom. The van der Waals surface area contributed by atoms with Gasteiger partial charge in [0.25, 0.3) is 0 Å². The Labute approximate surface area is 298 Å². The van der Waals surface area contributed by atoms with E-state index in [9.17, 15) is 29.1 Å². The van der Waals surface area contributed by atoms with Crippen LogP contribution < -0.4 is 16.0 Å². The smallest absolute Gasteiger partial charge is 0.405 e. The number of benzene rings is 4. The molecule has 264 valence electrons. The molecule has 0 saturated carbocycles. The van der Waals surface area contributed by atoms with E-state index in [0.29, 0.717) is 31.4 Å². The van der Waals surface area contributed by atoms with Crippen molar-refractivity contribution in [1.29, 1.82) is 0 Å². The molecule has 0 radical (unpaired) electrons. The van der Waals surface area contributed by atoms with E-state index in [-0.39, 0.29) is 55.9 Å². The first kappa shape index (κ1) is 36.5. The van der Waals surface area contributed by atoms with Crippen molar-refractivity contribution >= 4 is 29.6 Å². The summed E-state index contributed by atoms with van der Waals surface area (Å²) in [6.07, 6.45) is 0.321. The number of nitrogens with zero attached hydrogens (tertiary/aromatic N) is 1. The summed E-state index contributed by atoms with van der Waals surface area (Å²) >= 11 is 0. The Morgan fingerprint density at radius 2 is 1.29 bits per heavy atom. The molecular weight excluding hydrogens is 644 g/mol. The third kappa shape index (κ3) is 10.4. The van der Waals surface area contributed by atoms with Gasteiger partial charge in [-0.25, -0.2) is 4.79 Å². The zero-order valence-corrected chi connectivity index (χ0v) is 28.5. The highest BCUT2D eigenvalue weighted by atomic mass is 16.4. The molecule has 2 atom stereocenters. The lowest BCUT2D eigenvalue weighted by atomic mass is 9.91. The zero-order chi connectivity index (χ0) is 36.0. The number of hydrogen-bond donors (Lipinski definition) is 4. The predicted molar refractivity (Wildman–Crippen MR) is 194 cm³/mol. The zero-order valence-electron chi connectivity index (χ0n) is 28.5. The summed E-state index contributed by atoms with van der Waals surface area (Å²) in [4.78, 5) is 66.0. The van der Waals surface area contributed by atoms with E-state index in [1.165, 1.54) is 0 Å². The molecule has 51 heavy (non-hydrogen) atoms. The van der Waals surface area contributed by atoms with E-state index >= 15 is 0 Å². The molecule has 0 spiro atoms. The maximum Gasteiger partial charge on any atom is 0.405 e. The molecule has 1 aliphatic rings. The van der Waals surface area contributed by atoms with E-state index in [4.69, 9.17) is 0 Å². The van der Waals surface area contributed by atoms with Crippen LogP contribution in [0, 0.1) is 0 Å². The number of unbranched alkanes of at least 4 members (excludes halogenated alkanes) is 1. The first-order valence-electron chi connectivity index (χ1n) is 17.4. The van der Waals surface area contributed by atoms with Crippen molar-refractivity contribution in [1.82, 2.24) is 20.9 Å². The number of hydrogen-bond acceptors (Lipinski definition) is 5. The highest BCUT2D eigenvalue weighted by Gasteiger charge is 2.34. The summed E-state index contributed by atoms with van der Waals surface area (Å²) in [5.74, 6) is -1.21. The van der Waals surface area contributed by atoms with Crippen molar-refractivity contribution in [3.8, 4) is 0 Å². The number of nitrogens with one attached hydrogen (secondary N) is 3. The number of ketones is 1. The average molecular weight is 689 g/mol. The Kier molecular flexibility index (Phi) is 13.1. The fourth-order valence-electron chi connectivity index (χ4n) is 6.50. The maximum atomic E-state index is 13.5. The molecule has 0 saturated heterocycles. The van der Waals surface area contributed by atoms with Crippen LogP contribution in [0.2, 0.25) is 0 Å². The molecule has 10 heteroatoms. The second-order valence-corrected chi connectivity index (χ2v) is 12.7. The number of carbonyl (C=O) groups is 5. The SMILES string of the molecule is O=C(O)N[C@H](CCCCNC(=O)[C@@H]1Cc2ccccc2CN1C(=O)CCC(=O)c1ccccc1)C(=O)NCC(c1ccccc1)c1ccccc1. The van der Waals surface area contributed by atoms with E-state index in [1.54, 1.807) is 29.2 Å². The van der Waals surface area contributed by atoms with E-state index in [1.807, 2.05) is 91.0 Å². The molecule has 0 aliphatic carbocycles. The summed E-state index contributed by atoms with van der Waals surface area (Å²) in [7, 11) is 0. The lowest BCUT2D eigenvalue weighted by Crippen LogP contribution is -2.52. The topological polar surface area (TPSA) is 145 Å². The van der Waals surface area contributed by atoms with Crippen LogP contribution in [0.15, 0.2) is 115 Å². The van der Waals surface area contributed by atoms with Gasteiger partial charge in [0.1, 0.15) is 12.1 Å². The molecule has 4 aromatic carbocycles. The molecule has 0 unspecified atom stereocenters. The monoisotopic (exact) mass is 688 g/mol. The standard InChI is InChI=1S/C41H44N4O6/c46-37(31-18-8-3-9-19-31)23-24-38(47)45-28-33-21-11-10-20-32(33)26-36(45)40(49)42-25-13-12-22-35(44-41(50)51)39(48)43-27-34(29-14-4-1-5-15-29)30-16-6-2-7-17-30/h1-11,14-21,34-36,44H,12-13,22-28H2,(H,42,49)(H,43,48)(H,50,51)/t35-,36+/m1/s1. The Morgan fingerprint density at radius 3 is 1.92 bits per heavy atom. The van der Waals surface area contributed by atoms with Crippen LogP contribution >= 0.6 is 0 Å². The van der Waals surface area contributed by atoms with Gasteiger partial charge in [-0.3, -0.25) is 19.2 Å². The molecule has 5 rings (SSSR count). The van der Waals surface area contributed by atoms with Crippen LogP contribution in [-0.4, -0.2) is 64.8 Å². The van der Waals surface area contributed by atoms with Crippen LogP contribution in [-0.2, 0) is 27.3 Å². The van der Waals surface area contributed by atoms with Crippen molar-refractivity contribution in [3.63, 3.8) is 0 Å². The number of fused-ring (bicyclic) bond motifs is 1. The minimum Gasteiger partial charge on any atom is -0.465 e. The fourth-order valence-corrected chi connectivity index (χ4v) is 6.50. The summed E-state index contributed by atoms with van der Waals surface area (Å²) in [5, 5.41) is 17.7. The highest BCUT2D eigenvalue weighted by Crippen LogP contribution is 2.26. The molecule has 0 aromatic heterocycles. The van der Waals surface area contributed by atoms with Crippen molar-refractivity contribution in [2.45, 2.75) is 63.1 Å². The average Bonchev–Trinajstić information content (AvgIpc) is 3.16. The van der Waals surface area contributed by atoms with Crippen molar-refractivity contribution in [2.75, 3.05) is 13.1 Å². The molecule has 4 amide bonds. The molecule has 1 heterocycles. The molecule has 0 fully saturated rings. The fraction of sp³-hybridized carbons (Fsp3) is 0.293. The summed E-state index contributed by atoms with van der Waals surface area (Å²) in [6, 6.07) is 34.5. The minimum absolute atomic E-state index is 0.00283. The van der Waals surface area contributed by atoms with E-state index in [2.05, 4.69) is 16.0 Å². The van der Waals surface area contributed by atoms with Crippen molar-refractivity contribution in [2.24, 2.45) is 0 Å². The third-order valence-corrected chi connectivity index (χ3v) is 9.25.